The Morgan fingerprint density at radius 3 is 2.62 bits per heavy atom. The van der Waals surface area contributed by atoms with Crippen molar-refractivity contribution in [3.63, 3.8) is 0 Å². The molecule has 0 aliphatic heterocycles. The molecular formula is C11H13OY-. The summed E-state index contributed by atoms with van der Waals surface area (Å²) in [7, 11) is 3.39. The molecule has 1 rings (SSSR count). The van der Waals surface area contributed by atoms with Crippen LogP contribution >= 0.6 is 0 Å². The van der Waals surface area contributed by atoms with Gasteiger partial charge in [0.05, 0.1) is 5.75 Å². The first-order valence-electron chi connectivity index (χ1n) is 3.93. The second-order valence-corrected chi connectivity index (χ2v) is 2.69. The minimum absolute atomic E-state index is 0. The van der Waals surface area contributed by atoms with E-state index >= 15 is 0 Å². The Morgan fingerprint density at radius 1 is 1.38 bits per heavy atom. The zero-order valence-electron chi connectivity index (χ0n) is 8.08. The molecule has 1 aromatic rings. The van der Waals surface area contributed by atoms with Gasteiger partial charge in [0.2, 0.25) is 0 Å². The van der Waals surface area contributed by atoms with E-state index in [9.17, 15) is 0 Å². The third-order valence-electron chi connectivity index (χ3n) is 1.67. The molecular weight excluding hydrogens is 237 g/mol. The molecule has 0 heterocycles. The number of allylic oxidation sites excluding steroid dienone is 1. The molecule has 0 spiro atoms. The van der Waals surface area contributed by atoms with E-state index in [1.54, 1.807) is 0 Å². The second kappa shape index (κ2) is 6.34. The van der Waals surface area contributed by atoms with Crippen LogP contribution < -0.4 is 4.74 Å². The minimum atomic E-state index is 0. The summed E-state index contributed by atoms with van der Waals surface area (Å²) in [5.74, 6) is 0.818. The molecule has 2 heteroatoms. The van der Waals surface area contributed by atoms with Gasteiger partial charge in [0, 0.05) is 38.3 Å². The van der Waals surface area contributed by atoms with Crippen molar-refractivity contribution in [2.24, 2.45) is 0 Å². The van der Waals surface area contributed by atoms with Gasteiger partial charge in [0.15, 0.2) is 0 Å². The second-order valence-electron chi connectivity index (χ2n) is 2.69. The van der Waals surface area contributed by atoms with Gasteiger partial charge >= 0.3 is 0 Å². The van der Waals surface area contributed by atoms with E-state index in [-0.39, 0.29) is 32.7 Å². The summed E-state index contributed by atoms with van der Waals surface area (Å²) in [6.45, 7) is 4.04. The molecule has 0 amide bonds. The number of rotatable bonds is 2. The average Bonchev–Trinajstić information content (AvgIpc) is 2.05. The van der Waals surface area contributed by atoms with E-state index in [1.165, 1.54) is 5.56 Å². The molecule has 0 aliphatic carbocycles. The van der Waals surface area contributed by atoms with E-state index in [1.807, 2.05) is 31.2 Å². The SMILES string of the molecule is [CH2-]Oc1ccc(C)cc1C=CC.[Y]. The molecule has 1 radical (unpaired) electrons. The van der Waals surface area contributed by atoms with Crippen molar-refractivity contribution in [2.45, 2.75) is 13.8 Å². The van der Waals surface area contributed by atoms with Crippen molar-refractivity contribution in [3.8, 4) is 5.75 Å². The first-order chi connectivity index (χ1) is 5.77. The fourth-order valence-corrected chi connectivity index (χ4v) is 1.11. The quantitative estimate of drug-likeness (QED) is 0.732. The minimum Gasteiger partial charge on any atom is -0.665 e. The average molecular weight is 250 g/mol. The number of benzene rings is 1. The third kappa shape index (κ3) is 3.62. The molecule has 0 aromatic heterocycles. The van der Waals surface area contributed by atoms with Crippen LogP contribution in [0.15, 0.2) is 24.3 Å². The van der Waals surface area contributed by atoms with Gasteiger partial charge in [-0.05, 0) is 26.0 Å². The topological polar surface area (TPSA) is 9.23 Å². The number of ether oxygens (including phenoxy) is 1. The Kier molecular flexibility index (Phi) is 6.27. The molecule has 13 heavy (non-hydrogen) atoms. The predicted molar refractivity (Wildman–Crippen MR) is 51.9 cm³/mol. The van der Waals surface area contributed by atoms with Crippen LogP contribution in [0.25, 0.3) is 6.08 Å². The fraction of sp³-hybridized carbons (Fsp3) is 0.182. The van der Waals surface area contributed by atoms with Gasteiger partial charge in [-0.1, -0.05) is 23.8 Å². The number of hydrogen-bond donors (Lipinski definition) is 0. The van der Waals surface area contributed by atoms with Crippen LogP contribution in [-0.2, 0) is 32.7 Å². The normalized spacial score (nSPS) is 9.77. The van der Waals surface area contributed by atoms with Crippen molar-refractivity contribution in [2.75, 3.05) is 0 Å². The largest absolute Gasteiger partial charge is 0.665 e. The van der Waals surface area contributed by atoms with E-state index < -0.39 is 0 Å². The molecule has 1 nitrogen and oxygen atoms in total. The number of aryl methyl sites for hydroxylation is 1. The standard InChI is InChI=1S/C11H13O.Y/c1-4-5-10-8-9(2)6-7-11(10)12-3;/h4-8H,3H2,1-2H3;/q-1;. The summed E-state index contributed by atoms with van der Waals surface area (Å²) in [4.78, 5) is 0. The molecule has 0 fully saturated rings. The molecule has 0 aliphatic rings. The summed E-state index contributed by atoms with van der Waals surface area (Å²) in [5.41, 5.74) is 2.30. The van der Waals surface area contributed by atoms with Gasteiger partial charge in [-0.15, -0.1) is 0 Å². The van der Waals surface area contributed by atoms with Crippen LogP contribution in [0.3, 0.4) is 0 Å². The Hall–Kier alpha value is -0.136. The summed E-state index contributed by atoms with van der Waals surface area (Å²) in [5, 5.41) is 0. The van der Waals surface area contributed by atoms with Crippen LogP contribution in [0.2, 0.25) is 0 Å². The molecule has 1 aromatic carbocycles. The number of hydrogen-bond acceptors (Lipinski definition) is 1. The summed E-state index contributed by atoms with van der Waals surface area (Å²) >= 11 is 0. The Morgan fingerprint density at radius 2 is 2.08 bits per heavy atom. The first kappa shape index (κ1) is 12.9. The van der Waals surface area contributed by atoms with Gasteiger partial charge in [-0.25, -0.2) is 0 Å². The van der Waals surface area contributed by atoms with Gasteiger partial charge in [0.1, 0.15) is 0 Å². The van der Waals surface area contributed by atoms with E-state index in [4.69, 9.17) is 4.74 Å². The maximum Gasteiger partial charge on any atom is 0.0917 e. The molecule has 0 atom stereocenters. The molecule has 0 saturated carbocycles. The predicted octanol–water partition coefficient (Wildman–Crippen LogP) is 3.20. The van der Waals surface area contributed by atoms with Crippen LogP contribution in [0, 0.1) is 14.0 Å². The fourth-order valence-electron chi connectivity index (χ4n) is 1.11. The third-order valence-corrected chi connectivity index (χ3v) is 1.67. The summed E-state index contributed by atoms with van der Waals surface area (Å²) in [6, 6.07) is 6.01. The monoisotopic (exact) mass is 250 g/mol. The van der Waals surface area contributed by atoms with Gasteiger partial charge < -0.3 is 4.74 Å². The Bertz CT molecular complexity index is 292. The van der Waals surface area contributed by atoms with Crippen molar-refractivity contribution >= 4 is 6.08 Å². The van der Waals surface area contributed by atoms with E-state index in [0.717, 1.165) is 11.3 Å². The van der Waals surface area contributed by atoms with Crippen molar-refractivity contribution < 1.29 is 37.4 Å². The van der Waals surface area contributed by atoms with Gasteiger partial charge in [-0.3, -0.25) is 0 Å². The van der Waals surface area contributed by atoms with Gasteiger partial charge in [-0.2, -0.15) is 7.11 Å². The van der Waals surface area contributed by atoms with Crippen LogP contribution in [-0.4, -0.2) is 0 Å². The zero-order valence-corrected chi connectivity index (χ0v) is 10.9. The van der Waals surface area contributed by atoms with E-state index in [2.05, 4.69) is 20.1 Å². The smallest absolute Gasteiger partial charge is 0.0917 e. The first-order valence-corrected chi connectivity index (χ1v) is 3.93. The molecule has 0 unspecified atom stereocenters. The van der Waals surface area contributed by atoms with Crippen LogP contribution in [0.5, 0.6) is 5.75 Å². The van der Waals surface area contributed by atoms with Gasteiger partial charge in [0.25, 0.3) is 0 Å². The maximum atomic E-state index is 4.95. The van der Waals surface area contributed by atoms with Crippen molar-refractivity contribution in [1.82, 2.24) is 0 Å². The molecule has 0 saturated heterocycles. The molecule has 67 valence electrons. The maximum absolute atomic E-state index is 4.95. The van der Waals surface area contributed by atoms with Crippen LogP contribution in [0.4, 0.5) is 0 Å². The van der Waals surface area contributed by atoms with Crippen molar-refractivity contribution in [3.05, 3.63) is 42.5 Å². The molecule has 0 N–H and O–H groups in total. The Labute approximate surface area is 105 Å². The zero-order chi connectivity index (χ0) is 8.97. The molecule has 0 bridgehead atoms. The summed E-state index contributed by atoms with van der Waals surface area (Å²) in [6.07, 6.45) is 3.99. The van der Waals surface area contributed by atoms with Crippen LogP contribution in [0.1, 0.15) is 18.1 Å². The van der Waals surface area contributed by atoms with Crippen molar-refractivity contribution in [1.29, 1.82) is 0 Å². The Balaban J connectivity index is 0.00000144. The summed E-state index contributed by atoms with van der Waals surface area (Å²) < 4.78 is 4.95. The van der Waals surface area contributed by atoms with E-state index in [0.29, 0.717) is 0 Å².